The normalized spacial score (nSPS) is 18.2. The summed E-state index contributed by atoms with van der Waals surface area (Å²) in [6.45, 7) is 7.92. The van der Waals surface area contributed by atoms with Crippen molar-refractivity contribution in [3.8, 4) is 11.5 Å². The maximum absolute atomic E-state index is 12.2. The number of aryl methyl sites for hydroxylation is 1. The van der Waals surface area contributed by atoms with Gasteiger partial charge in [0.2, 0.25) is 0 Å². The summed E-state index contributed by atoms with van der Waals surface area (Å²) in [6, 6.07) is 6.47. The van der Waals surface area contributed by atoms with Gasteiger partial charge in [0.05, 0.1) is 16.7 Å². The highest BCUT2D eigenvalue weighted by atomic mass is 16.1. The van der Waals surface area contributed by atoms with E-state index in [-0.39, 0.29) is 5.78 Å². The molecule has 5 rings (SSSR count). The van der Waals surface area contributed by atoms with Crippen LogP contribution in [0.3, 0.4) is 0 Å². The number of benzene rings is 1. The Morgan fingerprint density at radius 1 is 1.14 bits per heavy atom. The van der Waals surface area contributed by atoms with Gasteiger partial charge in [-0.05, 0) is 63.4 Å². The van der Waals surface area contributed by atoms with Crippen molar-refractivity contribution in [2.75, 3.05) is 38.1 Å². The zero-order valence-electron chi connectivity index (χ0n) is 16.8. The van der Waals surface area contributed by atoms with Crippen molar-refractivity contribution in [3.63, 3.8) is 0 Å². The van der Waals surface area contributed by atoms with E-state index in [1.165, 1.54) is 5.69 Å². The number of fused-ring (bicyclic) bond motifs is 1. The lowest BCUT2D eigenvalue weighted by Gasteiger charge is -2.34. The molecule has 1 aliphatic carbocycles. The van der Waals surface area contributed by atoms with Gasteiger partial charge in [0.25, 0.3) is 0 Å². The summed E-state index contributed by atoms with van der Waals surface area (Å²) in [7, 11) is 2.17. The molecule has 146 valence electrons. The van der Waals surface area contributed by atoms with E-state index in [1.54, 1.807) is 6.92 Å². The number of H-pyrrole nitrogens is 2. The number of nitrogens with zero attached hydrogens (tertiary/aromatic N) is 3. The molecule has 3 aromatic rings. The largest absolute Gasteiger partial charge is 0.369 e. The SMILES string of the molecule is CC(=O)c1c(C)[nH]c(-c2nc3ccc(N4CCN(C)CC4)cc3[nH]2)c1C1CC1. The minimum absolute atomic E-state index is 0.135. The molecule has 1 saturated heterocycles. The summed E-state index contributed by atoms with van der Waals surface area (Å²) < 4.78 is 0. The summed E-state index contributed by atoms with van der Waals surface area (Å²) >= 11 is 0. The quantitative estimate of drug-likeness (QED) is 0.681. The molecule has 2 aromatic heterocycles. The number of nitrogens with one attached hydrogen (secondary N) is 2. The monoisotopic (exact) mass is 377 g/mol. The van der Waals surface area contributed by atoms with Gasteiger partial charge in [0.15, 0.2) is 11.6 Å². The number of hydrogen-bond acceptors (Lipinski definition) is 4. The first kappa shape index (κ1) is 17.5. The molecule has 6 heteroatoms. The van der Waals surface area contributed by atoms with Gasteiger partial charge >= 0.3 is 0 Å². The average molecular weight is 377 g/mol. The molecule has 6 nitrogen and oxygen atoms in total. The third-order valence-corrected chi connectivity index (χ3v) is 6.13. The number of carbonyl (C=O) groups excluding carboxylic acids is 1. The Morgan fingerprint density at radius 2 is 1.89 bits per heavy atom. The number of hydrogen-bond donors (Lipinski definition) is 2. The summed E-state index contributed by atoms with van der Waals surface area (Å²) in [4.78, 5) is 28.8. The number of aromatic amines is 2. The van der Waals surface area contributed by atoms with Crippen molar-refractivity contribution in [2.24, 2.45) is 0 Å². The van der Waals surface area contributed by atoms with Crippen LogP contribution in [0.5, 0.6) is 0 Å². The highest BCUT2D eigenvalue weighted by molar-refractivity contribution is 5.99. The van der Waals surface area contributed by atoms with Crippen LogP contribution in [0.4, 0.5) is 5.69 Å². The highest BCUT2D eigenvalue weighted by Gasteiger charge is 2.33. The zero-order valence-corrected chi connectivity index (χ0v) is 16.8. The number of Topliss-reactive ketones (excluding diaryl/α,β-unsaturated/α-hetero) is 1. The van der Waals surface area contributed by atoms with Crippen molar-refractivity contribution in [3.05, 3.63) is 35.0 Å². The molecule has 2 aliphatic rings. The van der Waals surface area contributed by atoms with Crippen LogP contribution >= 0.6 is 0 Å². The first-order valence-electron chi connectivity index (χ1n) is 10.2. The van der Waals surface area contributed by atoms with Crippen LogP contribution in [0.25, 0.3) is 22.6 Å². The second-order valence-corrected chi connectivity index (χ2v) is 8.32. The van der Waals surface area contributed by atoms with Crippen molar-refractivity contribution >= 4 is 22.5 Å². The van der Waals surface area contributed by atoms with E-state index in [4.69, 9.17) is 4.98 Å². The van der Waals surface area contributed by atoms with Crippen LogP contribution in [0.1, 0.15) is 47.3 Å². The number of piperazine rings is 1. The Kier molecular flexibility index (Phi) is 4.05. The van der Waals surface area contributed by atoms with Crippen molar-refractivity contribution in [1.29, 1.82) is 0 Å². The van der Waals surface area contributed by atoms with Gasteiger partial charge in [-0.15, -0.1) is 0 Å². The van der Waals surface area contributed by atoms with Crippen LogP contribution in [0.2, 0.25) is 0 Å². The third-order valence-electron chi connectivity index (χ3n) is 6.13. The van der Waals surface area contributed by atoms with Crippen molar-refractivity contribution in [1.82, 2.24) is 19.9 Å². The van der Waals surface area contributed by atoms with Crippen LogP contribution in [0, 0.1) is 6.92 Å². The molecule has 1 aromatic carbocycles. The summed E-state index contributed by atoms with van der Waals surface area (Å²) in [5, 5.41) is 0. The minimum atomic E-state index is 0.135. The second kappa shape index (κ2) is 6.48. The van der Waals surface area contributed by atoms with Gasteiger partial charge in [-0.1, -0.05) is 0 Å². The maximum Gasteiger partial charge on any atom is 0.161 e. The third kappa shape index (κ3) is 2.92. The van der Waals surface area contributed by atoms with Crippen molar-refractivity contribution in [2.45, 2.75) is 32.6 Å². The molecule has 0 spiro atoms. The van der Waals surface area contributed by atoms with Crippen LogP contribution < -0.4 is 4.90 Å². The number of imidazole rings is 1. The molecular formula is C22H27N5O. The molecular weight excluding hydrogens is 350 g/mol. The Morgan fingerprint density at radius 3 is 2.57 bits per heavy atom. The van der Waals surface area contributed by atoms with E-state index in [2.05, 4.69) is 45.0 Å². The van der Waals surface area contributed by atoms with Gasteiger partial charge in [-0.25, -0.2) is 4.98 Å². The minimum Gasteiger partial charge on any atom is -0.369 e. The van der Waals surface area contributed by atoms with Crippen LogP contribution in [-0.4, -0.2) is 58.9 Å². The molecule has 0 radical (unpaired) electrons. The molecule has 0 atom stereocenters. The van der Waals surface area contributed by atoms with Crippen LogP contribution in [-0.2, 0) is 0 Å². The first-order chi connectivity index (χ1) is 13.5. The fourth-order valence-corrected chi connectivity index (χ4v) is 4.44. The number of anilines is 1. The predicted molar refractivity (Wildman–Crippen MR) is 112 cm³/mol. The maximum atomic E-state index is 12.2. The second-order valence-electron chi connectivity index (χ2n) is 8.32. The first-order valence-corrected chi connectivity index (χ1v) is 10.2. The molecule has 1 saturated carbocycles. The standard InChI is InChI=1S/C22H27N5O/c1-13-19(14(2)28)20(15-4-5-15)21(23-13)22-24-17-7-6-16(12-18(17)25-22)27-10-8-26(3)9-11-27/h6-7,12,15,23H,4-5,8-11H2,1-3H3,(H,24,25). The van der Waals surface area contributed by atoms with Gasteiger partial charge in [-0.3, -0.25) is 4.79 Å². The molecule has 2 fully saturated rings. The predicted octanol–water partition coefficient (Wildman–Crippen LogP) is 3.70. The van der Waals surface area contributed by atoms with Gasteiger partial charge in [0.1, 0.15) is 0 Å². The Balaban J connectivity index is 1.54. The smallest absolute Gasteiger partial charge is 0.161 e. The Hall–Kier alpha value is -2.60. The molecule has 0 amide bonds. The highest BCUT2D eigenvalue weighted by Crippen LogP contribution is 2.46. The van der Waals surface area contributed by atoms with E-state index in [0.717, 1.165) is 78.4 Å². The molecule has 1 aliphatic heterocycles. The lowest BCUT2D eigenvalue weighted by Crippen LogP contribution is -2.44. The van der Waals surface area contributed by atoms with Gasteiger partial charge < -0.3 is 19.8 Å². The molecule has 28 heavy (non-hydrogen) atoms. The van der Waals surface area contributed by atoms with E-state index >= 15 is 0 Å². The Bertz CT molecular complexity index is 1050. The summed E-state index contributed by atoms with van der Waals surface area (Å²) in [5.41, 5.74) is 7.20. The van der Waals surface area contributed by atoms with Gasteiger partial charge in [-0.2, -0.15) is 0 Å². The number of likely N-dealkylation sites (N-methyl/N-ethyl adjacent to an activating group) is 1. The lowest BCUT2D eigenvalue weighted by atomic mass is 10.0. The zero-order chi connectivity index (χ0) is 19.4. The topological polar surface area (TPSA) is 68.0 Å². The summed E-state index contributed by atoms with van der Waals surface area (Å²) in [6.07, 6.45) is 2.30. The number of aromatic nitrogens is 3. The fourth-order valence-electron chi connectivity index (χ4n) is 4.44. The number of ketones is 1. The fraction of sp³-hybridized carbons (Fsp3) is 0.455. The molecule has 0 unspecified atom stereocenters. The van der Waals surface area contributed by atoms with E-state index < -0.39 is 0 Å². The molecule has 2 N–H and O–H groups in total. The molecule has 3 heterocycles. The molecule has 0 bridgehead atoms. The number of carbonyl (C=O) groups is 1. The van der Waals surface area contributed by atoms with Crippen molar-refractivity contribution < 1.29 is 4.79 Å². The van der Waals surface area contributed by atoms with Crippen LogP contribution in [0.15, 0.2) is 18.2 Å². The number of rotatable bonds is 4. The Labute approximate surface area is 164 Å². The van der Waals surface area contributed by atoms with E-state index in [1.807, 2.05) is 6.92 Å². The lowest BCUT2D eigenvalue weighted by molar-refractivity contribution is 0.101. The summed E-state index contributed by atoms with van der Waals surface area (Å²) in [5.74, 6) is 1.45. The van der Waals surface area contributed by atoms with E-state index in [9.17, 15) is 4.79 Å². The average Bonchev–Trinajstić information content (AvgIpc) is 3.32. The van der Waals surface area contributed by atoms with Gasteiger partial charge in [0, 0.05) is 43.1 Å². The van der Waals surface area contributed by atoms with E-state index in [0.29, 0.717) is 5.92 Å².